The highest BCUT2D eigenvalue weighted by molar-refractivity contribution is 6.20. The molecule has 0 saturated heterocycles. The first-order valence-electron chi connectivity index (χ1n) is 7.34. The summed E-state index contributed by atoms with van der Waals surface area (Å²) in [5.41, 5.74) is 1.46. The molecule has 1 aromatic heterocycles. The smallest absolute Gasteiger partial charge is 0.335 e. The number of imide groups is 1. The quantitative estimate of drug-likeness (QED) is 0.778. The third-order valence-electron chi connectivity index (χ3n) is 4.24. The molecule has 23 heavy (non-hydrogen) atoms. The lowest BCUT2D eigenvalue weighted by Crippen LogP contribution is -2.37. The summed E-state index contributed by atoms with van der Waals surface area (Å²) < 4.78 is 1.98. The number of nitrogens with zero attached hydrogens (tertiary/aromatic N) is 3. The van der Waals surface area contributed by atoms with E-state index in [1.54, 1.807) is 36.8 Å². The van der Waals surface area contributed by atoms with Crippen LogP contribution in [0.2, 0.25) is 0 Å². The number of hydroxylamine groups is 2. The lowest BCUT2D eigenvalue weighted by Gasteiger charge is -2.23. The summed E-state index contributed by atoms with van der Waals surface area (Å²) >= 11 is 0. The number of amides is 2. The van der Waals surface area contributed by atoms with E-state index < -0.39 is 17.8 Å². The molecule has 2 aromatic rings. The Hall–Kier alpha value is -2.96. The molecule has 2 aliphatic rings. The van der Waals surface area contributed by atoms with Gasteiger partial charge in [-0.3, -0.25) is 9.59 Å². The monoisotopic (exact) mass is 311 g/mol. The number of benzene rings is 1. The van der Waals surface area contributed by atoms with E-state index in [4.69, 9.17) is 4.84 Å². The van der Waals surface area contributed by atoms with Crippen LogP contribution in [0.3, 0.4) is 0 Å². The van der Waals surface area contributed by atoms with Gasteiger partial charge in [0.05, 0.1) is 23.4 Å². The largest absolute Gasteiger partial charge is 0.336 e. The lowest BCUT2D eigenvalue weighted by molar-refractivity contribution is -0.174. The predicted octanol–water partition coefficient (Wildman–Crippen LogP) is 1.20. The normalized spacial score (nSPS) is 19.5. The van der Waals surface area contributed by atoms with Crippen molar-refractivity contribution < 1.29 is 19.2 Å². The molecule has 3 heterocycles. The van der Waals surface area contributed by atoms with E-state index in [-0.39, 0.29) is 17.0 Å². The Kier molecular flexibility index (Phi) is 3.00. The van der Waals surface area contributed by atoms with Crippen molar-refractivity contribution in [2.75, 3.05) is 0 Å². The molecule has 0 aliphatic carbocycles. The molecule has 7 nitrogen and oxygen atoms in total. The summed E-state index contributed by atoms with van der Waals surface area (Å²) in [7, 11) is 0. The third kappa shape index (κ3) is 2.12. The van der Waals surface area contributed by atoms with Gasteiger partial charge in [-0.05, 0) is 18.6 Å². The van der Waals surface area contributed by atoms with E-state index in [0.717, 1.165) is 5.69 Å². The summed E-state index contributed by atoms with van der Waals surface area (Å²) in [6, 6.07) is 6.42. The Morgan fingerprint density at radius 3 is 2.57 bits per heavy atom. The van der Waals surface area contributed by atoms with Crippen LogP contribution in [-0.4, -0.2) is 32.4 Å². The Labute approximate surface area is 131 Å². The predicted molar refractivity (Wildman–Crippen MR) is 77.1 cm³/mol. The highest BCUT2D eigenvalue weighted by Crippen LogP contribution is 2.26. The zero-order valence-corrected chi connectivity index (χ0v) is 12.1. The SMILES string of the molecule is O=C(ON1C(=O)c2ccccc2C1=O)C1CCn2cncc2C1. The molecule has 0 spiro atoms. The van der Waals surface area contributed by atoms with Crippen molar-refractivity contribution in [3.8, 4) is 0 Å². The van der Waals surface area contributed by atoms with Crippen LogP contribution in [0.5, 0.6) is 0 Å². The standard InChI is InChI=1S/C16H13N3O4/c20-14-12-3-1-2-4-13(12)15(21)19(14)23-16(22)10-5-6-18-9-17-8-11(18)7-10/h1-4,8-10H,5-7H2. The highest BCUT2D eigenvalue weighted by atomic mass is 16.7. The fourth-order valence-electron chi connectivity index (χ4n) is 2.98. The molecule has 0 bridgehead atoms. The number of aromatic nitrogens is 2. The van der Waals surface area contributed by atoms with Crippen LogP contribution in [0.1, 0.15) is 32.8 Å². The van der Waals surface area contributed by atoms with Gasteiger partial charge in [-0.1, -0.05) is 17.2 Å². The maximum atomic E-state index is 12.3. The van der Waals surface area contributed by atoms with Gasteiger partial charge in [0.2, 0.25) is 0 Å². The second-order valence-electron chi connectivity index (χ2n) is 5.63. The molecule has 0 N–H and O–H groups in total. The van der Waals surface area contributed by atoms with E-state index in [9.17, 15) is 14.4 Å². The van der Waals surface area contributed by atoms with Gasteiger partial charge in [0, 0.05) is 24.9 Å². The van der Waals surface area contributed by atoms with Gasteiger partial charge >= 0.3 is 5.97 Å². The second-order valence-corrected chi connectivity index (χ2v) is 5.63. The average molecular weight is 311 g/mol. The minimum Gasteiger partial charge on any atom is -0.335 e. The average Bonchev–Trinajstić information content (AvgIpc) is 3.13. The first kappa shape index (κ1) is 13.7. The van der Waals surface area contributed by atoms with Crippen molar-refractivity contribution in [3.05, 3.63) is 53.6 Å². The molecule has 1 unspecified atom stereocenters. The van der Waals surface area contributed by atoms with E-state index in [2.05, 4.69) is 4.98 Å². The van der Waals surface area contributed by atoms with E-state index in [0.29, 0.717) is 24.4 Å². The van der Waals surface area contributed by atoms with Crippen LogP contribution in [0.25, 0.3) is 0 Å². The van der Waals surface area contributed by atoms with Gasteiger partial charge < -0.3 is 9.40 Å². The van der Waals surface area contributed by atoms with Gasteiger partial charge in [-0.15, -0.1) is 0 Å². The molecular formula is C16H13N3O4. The first-order valence-corrected chi connectivity index (χ1v) is 7.34. The summed E-state index contributed by atoms with van der Waals surface area (Å²) in [5, 5.41) is 0.568. The van der Waals surface area contributed by atoms with Crippen LogP contribution in [0, 0.1) is 5.92 Å². The van der Waals surface area contributed by atoms with Crippen LogP contribution in [-0.2, 0) is 22.6 Å². The maximum absolute atomic E-state index is 12.3. The van der Waals surface area contributed by atoms with Crippen molar-refractivity contribution in [1.29, 1.82) is 0 Å². The van der Waals surface area contributed by atoms with Crippen molar-refractivity contribution >= 4 is 17.8 Å². The molecule has 116 valence electrons. The van der Waals surface area contributed by atoms with Crippen LogP contribution >= 0.6 is 0 Å². The van der Waals surface area contributed by atoms with Crippen LogP contribution in [0.4, 0.5) is 0 Å². The Balaban J connectivity index is 1.50. The molecule has 0 fully saturated rings. The lowest BCUT2D eigenvalue weighted by atomic mass is 9.97. The van der Waals surface area contributed by atoms with Gasteiger partial charge in [-0.25, -0.2) is 9.78 Å². The molecule has 0 saturated carbocycles. The number of aryl methyl sites for hydroxylation is 1. The van der Waals surface area contributed by atoms with E-state index in [1.165, 1.54) is 0 Å². The zero-order valence-electron chi connectivity index (χ0n) is 12.1. The van der Waals surface area contributed by atoms with Gasteiger partial charge in [0.1, 0.15) is 0 Å². The summed E-state index contributed by atoms with van der Waals surface area (Å²) in [4.78, 5) is 45.9. The molecule has 0 radical (unpaired) electrons. The van der Waals surface area contributed by atoms with Crippen molar-refractivity contribution in [3.63, 3.8) is 0 Å². The number of carbonyl (C=O) groups is 3. The van der Waals surface area contributed by atoms with Gasteiger partial charge in [-0.2, -0.15) is 0 Å². The van der Waals surface area contributed by atoms with E-state index in [1.807, 2.05) is 4.57 Å². The number of rotatable bonds is 2. The molecular weight excluding hydrogens is 298 g/mol. The fraction of sp³-hybridized carbons (Fsp3) is 0.250. The van der Waals surface area contributed by atoms with Gasteiger partial charge in [0.15, 0.2) is 0 Å². The summed E-state index contributed by atoms with van der Waals surface area (Å²) in [6.45, 7) is 0.664. The van der Waals surface area contributed by atoms with Crippen LogP contribution < -0.4 is 0 Å². The Morgan fingerprint density at radius 2 is 1.87 bits per heavy atom. The molecule has 1 atom stereocenters. The molecule has 7 heteroatoms. The number of fused-ring (bicyclic) bond motifs is 2. The molecule has 2 amide bonds. The van der Waals surface area contributed by atoms with Gasteiger partial charge in [0.25, 0.3) is 11.8 Å². The third-order valence-corrected chi connectivity index (χ3v) is 4.24. The molecule has 4 rings (SSSR count). The maximum Gasteiger partial charge on any atom is 0.336 e. The summed E-state index contributed by atoms with van der Waals surface area (Å²) in [6.07, 6.45) is 4.51. The Bertz CT molecular complexity index is 791. The number of hydrogen-bond acceptors (Lipinski definition) is 5. The number of carbonyl (C=O) groups excluding carboxylic acids is 3. The minimum atomic E-state index is -0.597. The van der Waals surface area contributed by atoms with Crippen molar-refractivity contribution in [2.24, 2.45) is 5.92 Å². The molecule has 1 aromatic carbocycles. The topological polar surface area (TPSA) is 81.5 Å². The zero-order chi connectivity index (χ0) is 16.0. The van der Waals surface area contributed by atoms with Crippen molar-refractivity contribution in [2.45, 2.75) is 19.4 Å². The summed E-state index contributed by atoms with van der Waals surface area (Å²) in [5.74, 6) is -2.14. The minimum absolute atomic E-state index is 0.257. The van der Waals surface area contributed by atoms with E-state index >= 15 is 0 Å². The second kappa shape index (κ2) is 5.05. The van der Waals surface area contributed by atoms with Crippen molar-refractivity contribution in [1.82, 2.24) is 14.6 Å². The Morgan fingerprint density at radius 1 is 1.17 bits per heavy atom. The first-order chi connectivity index (χ1) is 11.1. The fourth-order valence-corrected chi connectivity index (χ4v) is 2.98. The molecule has 2 aliphatic heterocycles. The highest BCUT2D eigenvalue weighted by Gasteiger charge is 2.40. The number of hydrogen-bond donors (Lipinski definition) is 0. The number of imidazole rings is 1. The van der Waals surface area contributed by atoms with Crippen LogP contribution in [0.15, 0.2) is 36.8 Å².